The summed E-state index contributed by atoms with van der Waals surface area (Å²) in [4.78, 5) is 0. The van der Waals surface area contributed by atoms with E-state index < -0.39 is 0 Å². The minimum Gasteiger partial charge on any atom is -0.412 e. The van der Waals surface area contributed by atoms with E-state index in [2.05, 4.69) is 0 Å². The van der Waals surface area contributed by atoms with Crippen LogP contribution in [0, 0.1) is 0 Å². The smallest absolute Gasteiger partial charge is 0.412 e. The maximum absolute atomic E-state index is 0. The molecular weight excluding hydrogens is 241 g/mol. The molecule has 0 saturated carbocycles. The maximum atomic E-state index is 0. The summed E-state index contributed by atoms with van der Waals surface area (Å²) in [5.41, 5.74) is 0. The second-order valence-corrected chi connectivity index (χ2v) is 0. The van der Waals surface area contributed by atoms with Gasteiger partial charge in [-0.15, -0.1) is 0 Å². The van der Waals surface area contributed by atoms with Crippen molar-refractivity contribution in [1.82, 2.24) is 0 Å². The molecule has 6 nitrogen and oxygen atoms in total. The maximum Gasteiger partial charge on any atom is 1.00 e. The zero-order valence-electron chi connectivity index (χ0n) is 4.45. The molecule has 0 fully saturated rings. The van der Waals surface area contributed by atoms with Crippen LogP contribution in [0.2, 0.25) is 0 Å². The monoisotopic (exact) mass is 252 g/mol. The van der Waals surface area contributed by atoms with E-state index in [0.717, 1.165) is 0 Å². The van der Waals surface area contributed by atoms with Crippen molar-refractivity contribution in [3.05, 3.63) is 0 Å². The molecule has 0 aliphatic heterocycles. The first-order chi connectivity index (χ1) is 0. The molecule has 0 aromatic rings. The molecule has 8 heavy (non-hydrogen) atoms. The second kappa shape index (κ2) is 198. The Bertz CT molecular complexity index is 8.49. The summed E-state index contributed by atoms with van der Waals surface area (Å²) in [5, 5.41) is 0. The Balaban J connectivity index is 0. The normalized spacial score (nSPS) is 0. The molecule has 3 radical (unpaired) electrons. The minimum absolute atomic E-state index is 0. The molecule has 0 aromatic heterocycles. The first-order valence-corrected chi connectivity index (χ1v) is 0. The van der Waals surface area contributed by atoms with Crippen LogP contribution in [0.5, 0.6) is 0 Å². The van der Waals surface area contributed by atoms with E-state index in [1.807, 2.05) is 0 Å². The van der Waals surface area contributed by atoms with Crippen LogP contribution < -0.4 is 29.6 Å². The van der Waals surface area contributed by atoms with Gasteiger partial charge in [0, 0.05) is 24.4 Å². The van der Waals surface area contributed by atoms with E-state index in [4.69, 9.17) is 0 Å². The van der Waals surface area contributed by atoms with Crippen LogP contribution in [0.3, 0.4) is 0 Å². The van der Waals surface area contributed by atoms with Gasteiger partial charge in [-0.2, -0.15) is 0 Å². The van der Waals surface area contributed by atoms with Crippen LogP contribution in [0.4, 0.5) is 0 Å². The van der Waals surface area contributed by atoms with Gasteiger partial charge in [0.05, 0.1) is 0 Å². The molecule has 0 aliphatic rings. The minimum atomic E-state index is 0. The van der Waals surface area contributed by atoms with Gasteiger partial charge in [-0.05, 0) is 0 Å². The summed E-state index contributed by atoms with van der Waals surface area (Å²) < 4.78 is 0. The van der Waals surface area contributed by atoms with Crippen LogP contribution in [0.1, 0.15) is 0 Å². The Morgan fingerprint density at radius 3 is 0.375 bits per heavy atom. The van der Waals surface area contributed by atoms with E-state index in [-0.39, 0.29) is 86.8 Å². The zero-order chi connectivity index (χ0) is 0. The summed E-state index contributed by atoms with van der Waals surface area (Å²) in [5.74, 6) is 0. The Kier molecular flexibility index (Phi) is 7000. The summed E-state index contributed by atoms with van der Waals surface area (Å²) in [6, 6.07) is 0. The number of hydrogen-bond donors (Lipinski definition) is 0. The molecule has 0 aliphatic carbocycles. The van der Waals surface area contributed by atoms with Gasteiger partial charge in [0.2, 0.25) is 0 Å². The van der Waals surface area contributed by atoms with Crippen LogP contribution in [0.25, 0.3) is 0 Å². The van der Waals surface area contributed by atoms with Crippen molar-refractivity contribution in [3.63, 3.8) is 0 Å². The van der Waals surface area contributed by atoms with E-state index in [1.54, 1.807) is 0 Å². The molecule has 8 heteroatoms. The molecular formula is H12NaO6Sb+. The summed E-state index contributed by atoms with van der Waals surface area (Å²) >= 11 is 0. The molecule has 53 valence electrons. The van der Waals surface area contributed by atoms with Crippen molar-refractivity contribution in [2.45, 2.75) is 0 Å². The van der Waals surface area contributed by atoms with Crippen molar-refractivity contribution in [3.8, 4) is 0 Å². The van der Waals surface area contributed by atoms with E-state index in [1.165, 1.54) is 0 Å². The van der Waals surface area contributed by atoms with Gasteiger partial charge in [-0.3, -0.25) is 0 Å². The van der Waals surface area contributed by atoms with Gasteiger partial charge in [0.15, 0.2) is 0 Å². The third-order valence-corrected chi connectivity index (χ3v) is 0. The fraction of sp³-hybridized carbons (Fsp3) is 0. The Hall–Kier alpha value is 1.58. The fourth-order valence-corrected chi connectivity index (χ4v) is 0. The average molecular weight is 253 g/mol. The molecule has 0 aromatic carbocycles. The second-order valence-electron chi connectivity index (χ2n) is 0. The van der Waals surface area contributed by atoms with E-state index in [0.29, 0.717) is 0 Å². The number of hydrogen-bond acceptors (Lipinski definition) is 0. The Labute approximate surface area is 86.2 Å². The van der Waals surface area contributed by atoms with Crippen LogP contribution in [-0.2, 0) is 0 Å². The molecule has 0 bridgehead atoms. The molecule has 0 amide bonds. The van der Waals surface area contributed by atoms with Crippen LogP contribution in [-0.4, -0.2) is 57.3 Å². The molecule has 0 saturated heterocycles. The predicted octanol–water partition coefficient (Wildman–Crippen LogP) is -8.32. The van der Waals surface area contributed by atoms with Gasteiger partial charge in [-0.25, -0.2) is 0 Å². The summed E-state index contributed by atoms with van der Waals surface area (Å²) in [6.45, 7) is 0. The topological polar surface area (TPSA) is 189 Å². The quantitative estimate of drug-likeness (QED) is 0.370. The van der Waals surface area contributed by atoms with Gasteiger partial charge in [0.25, 0.3) is 0 Å². The van der Waals surface area contributed by atoms with Gasteiger partial charge in [0.1, 0.15) is 0 Å². The number of rotatable bonds is 0. The third kappa shape index (κ3) is 132. The summed E-state index contributed by atoms with van der Waals surface area (Å²) in [7, 11) is 0. The van der Waals surface area contributed by atoms with Crippen molar-refractivity contribution >= 4 is 24.4 Å². The predicted molar refractivity (Wildman–Crippen MR) is 27.4 cm³/mol. The Morgan fingerprint density at radius 2 is 0.375 bits per heavy atom. The van der Waals surface area contributed by atoms with Crippen LogP contribution >= 0.6 is 0 Å². The SMILES string of the molecule is O.O.O.O.O.O.[Na+].[Sb]. The van der Waals surface area contributed by atoms with E-state index in [9.17, 15) is 0 Å². The average Bonchev–Trinajstić information content (AvgIpc) is 0. The molecule has 0 unspecified atom stereocenters. The molecule has 12 N–H and O–H groups in total. The van der Waals surface area contributed by atoms with Crippen molar-refractivity contribution in [2.24, 2.45) is 0 Å². The van der Waals surface area contributed by atoms with Crippen molar-refractivity contribution in [2.75, 3.05) is 0 Å². The third-order valence-electron chi connectivity index (χ3n) is 0. The fourth-order valence-electron chi connectivity index (χ4n) is 0. The molecule has 0 heterocycles. The van der Waals surface area contributed by atoms with Crippen molar-refractivity contribution in [1.29, 1.82) is 0 Å². The zero-order valence-corrected chi connectivity index (χ0v) is 9.00. The van der Waals surface area contributed by atoms with Crippen molar-refractivity contribution < 1.29 is 62.4 Å². The summed E-state index contributed by atoms with van der Waals surface area (Å²) in [6.07, 6.45) is 0. The van der Waals surface area contributed by atoms with Gasteiger partial charge < -0.3 is 32.9 Å². The van der Waals surface area contributed by atoms with E-state index >= 15 is 0 Å². The van der Waals surface area contributed by atoms with Crippen LogP contribution in [0.15, 0.2) is 0 Å². The van der Waals surface area contributed by atoms with Gasteiger partial charge in [-0.1, -0.05) is 0 Å². The molecule has 0 rings (SSSR count). The molecule has 0 atom stereocenters. The largest absolute Gasteiger partial charge is 1.00 e. The first kappa shape index (κ1) is 283. The van der Waals surface area contributed by atoms with Gasteiger partial charge >= 0.3 is 29.6 Å². The standard InChI is InChI=1S/Na.6H2O.Sb/h;6*1H2;/q+1;;;;;;;. The first-order valence-electron chi connectivity index (χ1n) is 0. The molecule has 0 spiro atoms. The Morgan fingerprint density at radius 1 is 0.375 bits per heavy atom.